The van der Waals surface area contributed by atoms with E-state index in [9.17, 15) is 0 Å². The number of aliphatic hydroxyl groups excluding tert-OH is 1. The summed E-state index contributed by atoms with van der Waals surface area (Å²) in [6.45, 7) is 10.7. The van der Waals surface area contributed by atoms with Crippen LogP contribution in [-0.2, 0) is 0 Å². The van der Waals surface area contributed by atoms with Crippen molar-refractivity contribution >= 4 is 8.07 Å². The smallest absolute Gasteiger partial charge is 0.129 e. The maximum absolute atomic E-state index is 8.60. The lowest BCUT2D eigenvalue weighted by atomic mass is 10.2. The van der Waals surface area contributed by atoms with Crippen molar-refractivity contribution in [2.24, 2.45) is 0 Å². The van der Waals surface area contributed by atoms with Crippen LogP contribution in [0.2, 0.25) is 19.6 Å². The van der Waals surface area contributed by atoms with Gasteiger partial charge in [-0.05, 0) is 6.42 Å². The summed E-state index contributed by atoms with van der Waals surface area (Å²) < 4.78 is 0. The van der Waals surface area contributed by atoms with E-state index >= 15 is 0 Å². The third-order valence-electron chi connectivity index (χ3n) is 1.27. The van der Waals surface area contributed by atoms with Crippen molar-refractivity contribution in [3.63, 3.8) is 0 Å². The second-order valence-electron chi connectivity index (χ2n) is 3.95. The molecule has 0 bridgehead atoms. The normalized spacial score (nSPS) is 10.3. The van der Waals surface area contributed by atoms with Crippen molar-refractivity contribution in [1.29, 1.82) is 0 Å². The molecule has 0 radical (unpaired) electrons. The molecule has 0 saturated carbocycles. The Morgan fingerprint density at radius 1 is 1.42 bits per heavy atom. The van der Waals surface area contributed by atoms with Crippen LogP contribution in [0.25, 0.3) is 0 Å². The molecule has 0 aliphatic carbocycles. The maximum Gasteiger partial charge on any atom is 0.129 e. The molecule has 0 unspecified atom stereocenters. The quantitative estimate of drug-likeness (QED) is 0.403. The fourth-order valence-electron chi connectivity index (χ4n) is 0.681. The van der Waals surface area contributed by atoms with Gasteiger partial charge in [-0.1, -0.05) is 31.8 Å². The van der Waals surface area contributed by atoms with Crippen LogP contribution in [-0.4, -0.2) is 19.8 Å². The Balaban J connectivity index is 3.79. The number of aliphatic hydroxyl groups is 1. The van der Waals surface area contributed by atoms with Gasteiger partial charge in [0, 0.05) is 13.0 Å². The van der Waals surface area contributed by atoms with E-state index in [2.05, 4.69) is 37.7 Å². The third-order valence-corrected chi connectivity index (χ3v) is 2.19. The molecule has 1 N–H and O–H groups in total. The fraction of sp³-hybridized carbons (Fsp3) is 0.600. The Kier molecular flexibility index (Phi) is 4.95. The monoisotopic (exact) mass is 182 g/mol. The first-order valence-electron chi connectivity index (χ1n) is 4.23. The van der Waals surface area contributed by atoms with Crippen LogP contribution in [0.1, 0.15) is 12.8 Å². The first-order chi connectivity index (χ1) is 5.45. The van der Waals surface area contributed by atoms with Crippen LogP contribution in [0.5, 0.6) is 0 Å². The van der Waals surface area contributed by atoms with Crippen LogP contribution < -0.4 is 0 Å². The summed E-state index contributed by atoms with van der Waals surface area (Å²) in [4.78, 5) is 0. The van der Waals surface area contributed by atoms with E-state index < -0.39 is 8.07 Å². The third kappa shape index (κ3) is 7.58. The molecule has 0 aliphatic heterocycles. The molecule has 2 heteroatoms. The largest absolute Gasteiger partial charge is 0.396 e. The molecule has 0 heterocycles. The molecule has 0 saturated heterocycles. The molecular weight excluding hydrogens is 164 g/mol. The van der Waals surface area contributed by atoms with Gasteiger partial charge in [0.05, 0.1) is 0 Å². The zero-order chi connectivity index (χ0) is 9.61. The topological polar surface area (TPSA) is 20.2 Å². The van der Waals surface area contributed by atoms with Gasteiger partial charge in [0.2, 0.25) is 0 Å². The summed E-state index contributed by atoms with van der Waals surface area (Å²) >= 11 is 0. The number of rotatable bonds is 3. The highest BCUT2D eigenvalue weighted by molar-refractivity contribution is 6.83. The van der Waals surface area contributed by atoms with Gasteiger partial charge in [0.1, 0.15) is 8.07 Å². The molecule has 0 amide bonds. The van der Waals surface area contributed by atoms with Gasteiger partial charge in [-0.3, -0.25) is 0 Å². The van der Waals surface area contributed by atoms with E-state index in [1.165, 1.54) is 0 Å². The van der Waals surface area contributed by atoms with E-state index in [-0.39, 0.29) is 6.61 Å². The highest BCUT2D eigenvalue weighted by Gasteiger charge is 2.06. The molecule has 0 aromatic carbocycles. The van der Waals surface area contributed by atoms with Crippen molar-refractivity contribution in [3.8, 4) is 11.5 Å². The van der Waals surface area contributed by atoms with E-state index in [0.29, 0.717) is 6.42 Å². The van der Waals surface area contributed by atoms with Gasteiger partial charge in [0.15, 0.2) is 0 Å². The lowest BCUT2D eigenvalue weighted by Crippen LogP contribution is -2.16. The van der Waals surface area contributed by atoms with Crippen LogP contribution in [0.4, 0.5) is 0 Å². The summed E-state index contributed by atoms with van der Waals surface area (Å²) in [7, 11) is -1.21. The van der Waals surface area contributed by atoms with Crippen LogP contribution in [0.15, 0.2) is 12.2 Å². The van der Waals surface area contributed by atoms with E-state index in [4.69, 9.17) is 5.11 Å². The van der Waals surface area contributed by atoms with E-state index in [1.54, 1.807) is 0 Å². The highest BCUT2D eigenvalue weighted by atomic mass is 28.3. The van der Waals surface area contributed by atoms with Crippen molar-refractivity contribution in [1.82, 2.24) is 0 Å². The minimum Gasteiger partial charge on any atom is -0.396 e. The predicted octanol–water partition coefficient (Wildman–Crippen LogP) is 2.20. The van der Waals surface area contributed by atoms with Crippen LogP contribution in [0.3, 0.4) is 0 Å². The van der Waals surface area contributed by atoms with Crippen molar-refractivity contribution in [3.05, 3.63) is 12.2 Å². The standard InChI is InChI=1S/C10H18OSi/c1-10(7-8-11)6-5-9-12(2,3)4/h11H,1,6-8H2,2-4H3. The van der Waals surface area contributed by atoms with Crippen LogP contribution >= 0.6 is 0 Å². The first-order valence-corrected chi connectivity index (χ1v) is 7.73. The predicted molar refractivity (Wildman–Crippen MR) is 56.6 cm³/mol. The number of hydrogen-bond donors (Lipinski definition) is 1. The number of hydrogen-bond acceptors (Lipinski definition) is 1. The van der Waals surface area contributed by atoms with Gasteiger partial charge in [-0.2, -0.15) is 0 Å². The Morgan fingerprint density at radius 2 is 2.00 bits per heavy atom. The maximum atomic E-state index is 8.60. The minimum atomic E-state index is -1.21. The van der Waals surface area contributed by atoms with E-state index in [1.807, 2.05) is 0 Å². The molecule has 0 spiro atoms. The van der Waals surface area contributed by atoms with Gasteiger partial charge < -0.3 is 5.11 Å². The van der Waals surface area contributed by atoms with Gasteiger partial charge in [-0.25, -0.2) is 0 Å². The molecule has 0 aromatic rings. The zero-order valence-corrected chi connectivity index (χ0v) is 9.28. The molecule has 1 nitrogen and oxygen atoms in total. The van der Waals surface area contributed by atoms with Crippen LogP contribution in [0, 0.1) is 11.5 Å². The lowest BCUT2D eigenvalue weighted by Gasteiger charge is -2.03. The second kappa shape index (κ2) is 5.18. The Bertz CT molecular complexity index is 202. The zero-order valence-electron chi connectivity index (χ0n) is 8.28. The molecule has 0 atom stereocenters. The molecule has 68 valence electrons. The highest BCUT2D eigenvalue weighted by Crippen LogP contribution is 2.02. The summed E-state index contributed by atoms with van der Waals surface area (Å²) in [6.07, 6.45) is 1.42. The Hall–Kier alpha value is -0.523. The van der Waals surface area contributed by atoms with Gasteiger partial charge in [0.25, 0.3) is 0 Å². The van der Waals surface area contributed by atoms with Gasteiger partial charge in [-0.15, -0.1) is 11.5 Å². The second-order valence-corrected chi connectivity index (χ2v) is 8.70. The molecule has 0 fully saturated rings. The van der Waals surface area contributed by atoms with Crippen molar-refractivity contribution in [2.45, 2.75) is 32.5 Å². The van der Waals surface area contributed by atoms with Gasteiger partial charge >= 0.3 is 0 Å². The summed E-state index contributed by atoms with van der Waals surface area (Å²) in [5, 5.41) is 8.60. The average molecular weight is 182 g/mol. The van der Waals surface area contributed by atoms with E-state index in [0.717, 1.165) is 12.0 Å². The minimum absolute atomic E-state index is 0.188. The molecule has 0 rings (SSSR count). The SMILES string of the molecule is C=C(CC#C[Si](C)(C)C)CCO. The molecule has 0 aromatic heterocycles. The Labute approximate surface area is 76.5 Å². The molecular formula is C10H18OSi. The molecule has 12 heavy (non-hydrogen) atoms. The summed E-state index contributed by atoms with van der Waals surface area (Å²) in [6, 6.07) is 0. The Morgan fingerprint density at radius 3 is 2.42 bits per heavy atom. The lowest BCUT2D eigenvalue weighted by molar-refractivity contribution is 0.299. The first kappa shape index (κ1) is 11.5. The van der Waals surface area contributed by atoms with Crippen molar-refractivity contribution < 1.29 is 5.11 Å². The summed E-state index contributed by atoms with van der Waals surface area (Å²) in [5.74, 6) is 3.11. The average Bonchev–Trinajstić information content (AvgIpc) is 1.84. The van der Waals surface area contributed by atoms with Crippen molar-refractivity contribution in [2.75, 3.05) is 6.61 Å². The molecule has 0 aliphatic rings. The fourth-order valence-corrected chi connectivity index (χ4v) is 1.30. The summed E-state index contributed by atoms with van der Waals surface area (Å²) in [5.41, 5.74) is 4.29.